The first-order valence-corrected chi connectivity index (χ1v) is 8.26. The van der Waals surface area contributed by atoms with Crippen LogP contribution in [0.2, 0.25) is 0 Å². The molecule has 118 valence electrons. The molecule has 1 aromatic rings. The van der Waals surface area contributed by atoms with Gasteiger partial charge >= 0.3 is 10.3 Å². The highest BCUT2D eigenvalue weighted by molar-refractivity contribution is 7.83. The first kappa shape index (κ1) is 16.2. The van der Waals surface area contributed by atoms with Crippen molar-refractivity contribution in [1.29, 1.82) is 0 Å². The zero-order valence-electron chi connectivity index (χ0n) is 12.6. The quantitative estimate of drug-likeness (QED) is 0.814. The van der Waals surface area contributed by atoms with Gasteiger partial charge in [0.05, 0.1) is 5.41 Å². The lowest BCUT2D eigenvalue weighted by atomic mass is 9.84. The molecule has 0 saturated heterocycles. The molecule has 0 saturated carbocycles. The first-order chi connectivity index (χ1) is 9.65. The number of hydrogen-bond acceptors (Lipinski definition) is 4. The van der Waals surface area contributed by atoms with Crippen LogP contribution in [0, 0.1) is 0 Å². The van der Waals surface area contributed by atoms with Gasteiger partial charge in [0.2, 0.25) is 6.29 Å². The second-order valence-electron chi connectivity index (χ2n) is 5.70. The summed E-state index contributed by atoms with van der Waals surface area (Å²) in [5.74, 6) is 0.737. The number of hydrogen-bond donors (Lipinski definition) is 2. The Labute approximate surface area is 125 Å². The molecular formula is C14H21NO5S. The van der Waals surface area contributed by atoms with Gasteiger partial charge in [0.25, 0.3) is 0 Å². The lowest BCUT2D eigenvalue weighted by Gasteiger charge is -2.25. The predicted octanol–water partition coefficient (Wildman–Crippen LogP) is 2.17. The molecule has 7 heteroatoms. The molecule has 1 aromatic carbocycles. The van der Waals surface area contributed by atoms with Crippen molar-refractivity contribution in [2.24, 2.45) is 0 Å². The number of ether oxygens (including phenoxy) is 2. The fourth-order valence-electron chi connectivity index (χ4n) is 2.50. The monoisotopic (exact) mass is 315 g/mol. The molecule has 2 rings (SSSR count). The van der Waals surface area contributed by atoms with Crippen molar-refractivity contribution in [3.05, 3.63) is 29.3 Å². The van der Waals surface area contributed by atoms with E-state index in [9.17, 15) is 8.42 Å². The zero-order chi connectivity index (χ0) is 15.8. The minimum atomic E-state index is -4.24. The Morgan fingerprint density at radius 2 is 2.14 bits per heavy atom. The summed E-state index contributed by atoms with van der Waals surface area (Å²) in [6.45, 7) is 8.16. The van der Waals surface area contributed by atoms with Crippen LogP contribution >= 0.6 is 0 Å². The summed E-state index contributed by atoms with van der Waals surface area (Å²) in [4.78, 5) is 0. The summed E-state index contributed by atoms with van der Waals surface area (Å²) in [5.41, 5.74) is 1.38. The Morgan fingerprint density at radius 1 is 1.48 bits per heavy atom. The van der Waals surface area contributed by atoms with Crippen LogP contribution in [0.25, 0.3) is 0 Å². The third kappa shape index (κ3) is 3.37. The molecule has 6 nitrogen and oxygen atoms in total. The number of fused-ring (bicyclic) bond motifs is 1. The molecule has 1 aliphatic heterocycles. The van der Waals surface area contributed by atoms with Crippen LogP contribution in [0.4, 0.5) is 0 Å². The second-order valence-corrected chi connectivity index (χ2v) is 6.88. The van der Waals surface area contributed by atoms with E-state index in [0.29, 0.717) is 6.61 Å². The summed E-state index contributed by atoms with van der Waals surface area (Å²) < 4.78 is 44.2. The second kappa shape index (κ2) is 5.57. The van der Waals surface area contributed by atoms with Gasteiger partial charge in [0.15, 0.2) is 0 Å². The van der Waals surface area contributed by atoms with Crippen LogP contribution in [-0.2, 0) is 20.5 Å². The molecule has 0 aromatic heterocycles. The molecule has 1 heterocycles. The number of rotatable bonds is 5. The topological polar surface area (TPSA) is 84.9 Å². The average Bonchev–Trinajstić information content (AvgIpc) is 2.59. The Morgan fingerprint density at radius 3 is 2.71 bits per heavy atom. The van der Waals surface area contributed by atoms with Gasteiger partial charge in [0, 0.05) is 18.2 Å². The Kier molecular flexibility index (Phi) is 4.30. The third-order valence-corrected chi connectivity index (χ3v) is 4.32. The van der Waals surface area contributed by atoms with E-state index in [4.69, 9.17) is 14.0 Å². The Balaban J connectivity index is 2.31. The zero-order valence-corrected chi connectivity index (χ0v) is 13.4. The van der Waals surface area contributed by atoms with E-state index in [0.717, 1.165) is 16.9 Å². The van der Waals surface area contributed by atoms with Gasteiger partial charge in [0.1, 0.15) is 5.75 Å². The lowest BCUT2D eigenvalue weighted by molar-refractivity contribution is -0.0981. The first-order valence-electron chi connectivity index (χ1n) is 6.82. The molecule has 1 aliphatic rings. The summed E-state index contributed by atoms with van der Waals surface area (Å²) in [6.07, 6.45) is -0.363. The average molecular weight is 315 g/mol. The highest BCUT2D eigenvalue weighted by Gasteiger charge is 2.42. The van der Waals surface area contributed by atoms with Gasteiger partial charge in [-0.3, -0.25) is 4.55 Å². The number of nitrogens with one attached hydrogen (secondary N) is 1. The SMILES string of the molecule is CCOC1Oc2ccc(C(C)NS(=O)(=O)O)cc2C1(C)C. The third-order valence-electron chi connectivity index (χ3n) is 3.66. The van der Waals surface area contributed by atoms with Gasteiger partial charge < -0.3 is 9.47 Å². The van der Waals surface area contributed by atoms with Crippen LogP contribution in [0.15, 0.2) is 18.2 Å². The van der Waals surface area contributed by atoms with E-state index in [-0.39, 0.29) is 11.7 Å². The van der Waals surface area contributed by atoms with Crippen molar-refractivity contribution in [3.8, 4) is 5.75 Å². The molecule has 2 N–H and O–H groups in total. The van der Waals surface area contributed by atoms with Crippen molar-refractivity contribution in [3.63, 3.8) is 0 Å². The molecule has 21 heavy (non-hydrogen) atoms. The van der Waals surface area contributed by atoms with E-state index >= 15 is 0 Å². The molecular weight excluding hydrogens is 294 g/mol. The Bertz CT molecular complexity index is 626. The largest absolute Gasteiger partial charge is 0.464 e. The van der Waals surface area contributed by atoms with Gasteiger partial charge in [-0.2, -0.15) is 13.1 Å². The smallest absolute Gasteiger partial charge is 0.333 e. The minimum absolute atomic E-state index is 0.334. The van der Waals surface area contributed by atoms with Crippen molar-refractivity contribution in [1.82, 2.24) is 4.72 Å². The van der Waals surface area contributed by atoms with E-state index in [1.165, 1.54) is 0 Å². The van der Waals surface area contributed by atoms with Crippen LogP contribution in [0.1, 0.15) is 44.9 Å². The van der Waals surface area contributed by atoms with E-state index in [2.05, 4.69) is 4.72 Å². The summed E-state index contributed by atoms with van der Waals surface area (Å²) in [6, 6.07) is 4.92. The van der Waals surface area contributed by atoms with Crippen molar-refractivity contribution in [2.45, 2.75) is 45.4 Å². The van der Waals surface area contributed by atoms with E-state index in [1.807, 2.05) is 26.8 Å². The highest BCUT2D eigenvalue weighted by Crippen LogP contribution is 2.44. The normalized spacial score (nSPS) is 21.7. The van der Waals surface area contributed by atoms with Crippen molar-refractivity contribution < 1.29 is 22.4 Å². The lowest BCUT2D eigenvalue weighted by Crippen LogP contribution is -2.34. The summed E-state index contributed by atoms with van der Waals surface area (Å²) in [7, 11) is -4.24. The molecule has 0 amide bonds. The molecule has 0 bridgehead atoms. The summed E-state index contributed by atoms with van der Waals surface area (Å²) in [5, 5.41) is 0. The predicted molar refractivity (Wildman–Crippen MR) is 78.6 cm³/mol. The fourth-order valence-corrected chi connectivity index (χ4v) is 3.08. The highest BCUT2D eigenvalue weighted by atomic mass is 32.2. The molecule has 0 radical (unpaired) electrons. The standard InChI is InChI=1S/C14H21NO5S/c1-5-19-13-14(3,4)11-8-10(6-7-12(11)20-13)9(2)15-21(16,17)18/h6-9,13,15H,5H2,1-4H3,(H,16,17,18). The van der Waals surface area contributed by atoms with Gasteiger partial charge in [-0.15, -0.1) is 0 Å². The maximum Gasteiger partial charge on any atom is 0.333 e. The van der Waals surface area contributed by atoms with Crippen LogP contribution in [0.5, 0.6) is 5.75 Å². The summed E-state index contributed by atoms with van der Waals surface area (Å²) >= 11 is 0. The molecule has 0 spiro atoms. The van der Waals surface area contributed by atoms with Crippen molar-refractivity contribution in [2.75, 3.05) is 6.61 Å². The van der Waals surface area contributed by atoms with Gasteiger partial charge in [-0.25, -0.2) is 0 Å². The molecule has 0 aliphatic carbocycles. The van der Waals surface area contributed by atoms with Gasteiger partial charge in [-0.05, 0) is 45.4 Å². The maximum atomic E-state index is 10.9. The van der Waals surface area contributed by atoms with Crippen LogP contribution in [0.3, 0.4) is 0 Å². The van der Waals surface area contributed by atoms with Crippen molar-refractivity contribution >= 4 is 10.3 Å². The minimum Gasteiger partial charge on any atom is -0.464 e. The number of benzene rings is 1. The van der Waals surface area contributed by atoms with Crippen LogP contribution in [-0.4, -0.2) is 25.9 Å². The van der Waals surface area contributed by atoms with Gasteiger partial charge in [-0.1, -0.05) is 6.07 Å². The molecule has 2 unspecified atom stereocenters. The molecule has 2 atom stereocenters. The molecule has 0 fully saturated rings. The Hall–Kier alpha value is -1.15. The fraction of sp³-hybridized carbons (Fsp3) is 0.571. The van der Waals surface area contributed by atoms with E-state index < -0.39 is 16.3 Å². The van der Waals surface area contributed by atoms with Crippen LogP contribution < -0.4 is 9.46 Å². The maximum absolute atomic E-state index is 10.9. The van der Waals surface area contributed by atoms with E-state index in [1.54, 1.807) is 19.1 Å².